The van der Waals surface area contributed by atoms with Crippen molar-refractivity contribution in [3.05, 3.63) is 35.5 Å². The molecular formula is C13H16FN3O. The van der Waals surface area contributed by atoms with Gasteiger partial charge in [-0.25, -0.2) is 4.39 Å². The molecule has 96 valence electrons. The molecule has 0 spiro atoms. The molecule has 4 nitrogen and oxygen atoms in total. The third-order valence-electron chi connectivity index (χ3n) is 2.88. The van der Waals surface area contributed by atoms with Gasteiger partial charge in [0.1, 0.15) is 5.82 Å². The molecule has 0 aliphatic rings. The van der Waals surface area contributed by atoms with Crippen LogP contribution in [-0.4, -0.2) is 10.1 Å². The van der Waals surface area contributed by atoms with Gasteiger partial charge in [0, 0.05) is 5.56 Å². The predicted octanol–water partition coefficient (Wildman–Crippen LogP) is 2.84. The van der Waals surface area contributed by atoms with Gasteiger partial charge in [0.15, 0.2) is 0 Å². The summed E-state index contributed by atoms with van der Waals surface area (Å²) in [4.78, 5) is 4.20. The van der Waals surface area contributed by atoms with Gasteiger partial charge in [-0.1, -0.05) is 31.1 Å². The van der Waals surface area contributed by atoms with E-state index in [1.165, 1.54) is 6.07 Å². The maximum atomic E-state index is 13.4. The number of hydrogen-bond donors (Lipinski definition) is 1. The van der Waals surface area contributed by atoms with Gasteiger partial charge >= 0.3 is 0 Å². The molecule has 0 saturated heterocycles. The first-order chi connectivity index (χ1) is 8.49. The van der Waals surface area contributed by atoms with Crippen LogP contribution in [0.3, 0.4) is 0 Å². The lowest BCUT2D eigenvalue weighted by Crippen LogP contribution is -2.16. The van der Waals surface area contributed by atoms with E-state index in [0.717, 1.165) is 0 Å². The lowest BCUT2D eigenvalue weighted by molar-refractivity contribution is 0.325. The molecule has 0 amide bonds. The number of benzene rings is 1. The molecule has 0 radical (unpaired) electrons. The molecule has 2 N–H and O–H groups in total. The van der Waals surface area contributed by atoms with E-state index in [9.17, 15) is 4.39 Å². The normalized spacial score (nSPS) is 13.0. The van der Waals surface area contributed by atoms with Crippen LogP contribution in [0.1, 0.15) is 31.3 Å². The summed E-state index contributed by atoms with van der Waals surface area (Å²) in [5.41, 5.74) is 7.08. The molecule has 1 atom stereocenters. The Bertz CT molecular complexity index is 551. The minimum absolute atomic E-state index is 0.202. The number of nitrogens with two attached hydrogens (primary N) is 1. The average Bonchev–Trinajstić information content (AvgIpc) is 2.81. The second kappa shape index (κ2) is 4.86. The van der Waals surface area contributed by atoms with E-state index in [2.05, 4.69) is 10.1 Å². The maximum Gasteiger partial charge on any atom is 0.244 e. The zero-order valence-electron chi connectivity index (χ0n) is 10.6. The molecule has 0 aliphatic carbocycles. The van der Waals surface area contributed by atoms with Crippen LogP contribution in [0.2, 0.25) is 0 Å². The Labute approximate surface area is 105 Å². The van der Waals surface area contributed by atoms with E-state index in [-0.39, 0.29) is 17.8 Å². The molecule has 0 aliphatic heterocycles. The van der Waals surface area contributed by atoms with Gasteiger partial charge in [-0.05, 0) is 24.5 Å². The quantitative estimate of drug-likeness (QED) is 0.908. The zero-order valence-corrected chi connectivity index (χ0v) is 10.6. The van der Waals surface area contributed by atoms with Gasteiger partial charge in [-0.15, -0.1) is 0 Å². The first-order valence-corrected chi connectivity index (χ1v) is 5.84. The van der Waals surface area contributed by atoms with Crippen molar-refractivity contribution in [3.8, 4) is 11.4 Å². The Kier molecular flexibility index (Phi) is 3.43. The topological polar surface area (TPSA) is 64.9 Å². The van der Waals surface area contributed by atoms with Crippen molar-refractivity contribution in [2.24, 2.45) is 11.7 Å². The number of aromatic nitrogens is 2. The molecule has 5 heteroatoms. The monoisotopic (exact) mass is 249 g/mol. The highest BCUT2D eigenvalue weighted by molar-refractivity contribution is 5.54. The fourth-order valence-corrected chi connectivity index (χ4v) is 1.50. The molecule has 0 unspecified atom stereocenters. The SMILES string of the molecule is Cc1ccc(-c2noc([C@@H](N)C(C)C)n2)cc1F. The fraction of sp³-hybridized carbons (Fsp3) is 0.385. The fourth-order valence-electron chi connectivity index (χ4n) is 1.50. The molecule has 0 fully saturated rings. The standard InChI is InChI=1S/C13H16FN3O/c1-7(2)11(15)13-16-12(17-18-13)9-5-4-8(3)10(14)6-9/h4-7,11H,15H2,1-3H3/t11-/m0/s1. The summed E-state index contributed by atoms with van der Waals surface area (Å²) in [6.45, 7) is 5.65. The molecule has 1 heterocycles. The van der Waals surface area contributed by atoms with Crippen LogP contribution in [0, 0.1) is 18.7 Å². The lowest BCUT2D eigenvalue weighted by Gasteiger charge is -2.09. The number of aryl methyl sites for hydroxylation is 1. The third-order valence-corrected chi connectivity index (χ3v) is 2.88. The first kappa shape index (κ1) is 12.7. The van der Waals surface area contributed by atoms with E-state index < -0.39 is 0 Å². The van der Waals surface area contributed by atoms with Crippen molar-refractivity contribution < 1.29 is 8.91 Å². The number of halogens is 1. The Morgan fingerprint density at radius 2 is 2.06 bits per heavy atom. The molecule has 2 aromatic rings. The molecule has 0 saturated carbocycles. The van der Waals surface area contributed by atoms with Gasteiger partial charge in [-0.2, -0.15) is 4.98 Å². The summed E-state index contributed by atoms with van der Waals surface area (Å²) >= 11 is 0. The van der Waals surface area contributed by atoms with Crippen molar-refractivity contribution in [2.45, 2.75) is 26.8 Å². The van der Waals surface area contributed by atoms with E-state index in [1.54, 1.807) is 19.1 Å². The zero-order chi connectivity index (χ0) is 13.3. The van der Waals surface area contributed by atoms with Gasteiger partial charge in [0.2, 0.25) is 11.7 Å². The highest BCUT2D eigenvalue weighted by atomic mass is 19.1. The van der Waals surface area contributed by atoms with E-state index >= 15 is 0 Å². The van der Waals surface area contributed by atoms with Crippen LogP contribution in [-0.2, 0) is 0 Å². The van der Waals surface area contributed by atoms with Crippen molar-refractivity contribution in [3.63, 3.8) is 0 Å². The Balaban J connectivity index is 2.32. The van der Waals surface area contributed by atoms with Crippen molar-refractivity contribution >= 4 is 0 Å². The Hall–Kier alpha value is -1.75. The van der Waals surface area contributed by atoms with Crippen molar-refractivity contribution in [1.29, 1.82) is 0 Å². The van der Waals surface area contributed by atoms with Crippen LogP contribution in [0.15, 0.2) is 22.7 Å². The van der Waals surface area contributed by atoms with Crippen LogP contribution in [0.4, 0.5) is 4.39 Å². The summed E-state index contributed by atoms with van der Waals surface area (Å²) < 4.78 is 18.6. The summed E-state index contributed by atoms with van der Waals surface area (Å²) in [7, 11) is 0. The summed E-state index contributed by atoms with van der Waals surface area (Å²) in [6.07, 6.45) is 0. The molecule has 0 bridgehead atoms. The second-order valence-electron chi connectivity index (χ2n) is 4.69. The van der Waals surface area contributed by atoms with Crippen molar-refractivity contribution in [2.75, 3.05) is 0 Å². The van der Waals surface area contributed by atoms with E-state index in [0.29, 0.717) is 22.8 Å². The van der Waals surface area contributed by atoms with Crippen LogP contribution in [0.25, 0.3) is 11.4 Å². The van der Waals surface area contributed by atoms with Gasteiger partial charge < -0.3 is 10.3 Å². The maximum absolute atomic E-state index is 13.4. The number of nitrogens with zero attached hydrogens (tertiary/aromatic N) is 2. The summed E-state index contributed by atoms with van der Waals surface area (Å²) in [6, 6.07) is 4.53. The molecule has 1 aromatic heterocycles. The van der Waals surface area contributed by atoms with Crippen LogP contribution in [0.5, 0.6) is 0 Å². The number of rotatable bonds is 3. The highest BCUT2D eigenvalue weighted by Gasteiger charge is 2.18. The van der Waals surface area contributed by atoms with Crippen molar-refractivity contribution in [1.82, 2.24) is 10.1 Å². The predicted molar refractivity (Wildman–Crippen MR) is 66.2 cm³/mol. The van der Waals surface area contributed by atoms with E-state index in [1.807, 2.05) is 13.8 Å². The summed E-state index contributed by atoms with van der Waals surface area (Å²) in [5.74, 6) is 0.654. The van der Waals surface area contributed by atoms with Gasteiger partial charge in [0.05, 0.1) is 6.04 Å². The van der Waals surface area contributed by atoms with Crippen LogP contribution >= 0.6 is 0 Å². The lowest BCUT2D eigenvalue weighted by atomic mass is 10.1. The summed E-state index contributed by atoms with van der Waals surface area (Å²) in [5, 5.41) is 3.83. The second-order valence-corrected chi connectivity index (χ2v) is 4.69. The van der Waals surface area contributed by atoms with Gasteiger partial charge in [-0.3, -0.25) is 0 Å². The van der Waals surface area contributed by atoms with Crippen LogP contribution < -0.4 is 5.73 Å². The number of hydrogen-bond acceptors (Lipinski definition) is 4. The largest absolute Gasteiger partial charge is 0.337 e. The molecular weight excluding hydrogens is 233 g/mol. The molecule has 18 heavy (non-hydrogen) atoms. The average molecular weight is 249 g/mol. The minimum atomic E-state index is -0.304. The van der Waals surface area contributed by atoms with Gasteiger partial charge in [0.25, 0.3) is 0 Å². The smallest absolute Gasteiger partial charge is 0.244 e. The molecule has 2 rings (SSSR count). The Morgan fingerprint density at radius 1 is 1.33 bits per heavy atom. The van der Waals surface area contributed by atoms with E-state index in [4.69, 9.17) is 10.3 Å². The first-order valence-electron chi connectivity index (χ1n) is 5.84. The third kappa shape index (κ3) is 2.41. The minimum Gasteiger partial charge on any atom is -0.337 e. The Morgan fingerprint density at radius 3 is 2.67 bits per heavy atom. The molecule has 1 aromatic carbocycles. The highest BCUT2D eigenvalue weighted by Crippen LogP contribution is 2.22.